The highest BCUT2D eigenvalue weighted by molar-refractivity contribution is 6.30. The Labute approximate surface area is 116 Å². The first-order valence-electron chi connectivity index (χ1n) is 6.15. The second-order valence-corrected chi connectivity index (χ2v) is 4.95. The summed E-state index contributed by atoms with van der Waals surface area (Å²) in [4.78, 5) is 4.62. The molecule has 0 aliphatic heterocycles. The Bertz CT molecular complexity index is 718. The molecule has 0 unspecified atom stereocenters. The van der Waals surface area contributed by atoms with Crippen LogP contribution in [0.25, 0.3) is 5.65 Å². The van der Waals surface area contributed by atoms with E-state index in [1.807, 2.05) is 47.1 Å². The van der Waals surface area contributed by atoms with Gasteiger partial charge in [-0.05, 0) is 36.8 Å². The molecule has 0 spiro atoms. The zero-order chi connectivity index (χ0) is 13.2. The minimum absolute atomic E-state index is 0.682. The van der Waals surface area contributed by atoms with E-state index in [9.17, 15) is 0 Å². The summed E-state index contributed by atoms with van der Waals surface area (Å²) in [7, 11) is 0. The van der Waals surface area contributed by atoms with Gasteiger partial charge in [-0.25, -0.2) is 4.98 Å². The fourth-order valence-corrected chi connectivity index (χ4v) is 2.27. The number of fused-ring (bicyclic) bond motifs is 1. The maximum Gasteiger partial charge on any atom is 0.140 e. The third-order valence-corrected chi connectivity index (χ3v) is 3.26. The highest BCUT2D eigenvalue weighted by atomic mass is 35.5. The average molecular weight is 272 g/mol. The Morgan fingerprint density at radius 2 is 2.16 bits per heavy atom. The van der Waals surface area contributed by atoms with Crippen LogP contribution in [0.1, 0.15) is 11.3 Å². The molecule has 0 bridgehead atoms. The largest absolute Gasteiger partial charge is 0.379 e. The molecule has 3 nitrogen and oxygen atoms in total. The van der Waals surface area contributed by atoms with Crippen LogP contribution in [-0.2, 0) is 6.54 Å². The molecular weight excluding hydrogens is 258 g/mol. The summed E-state index contributed by atoms with van der Waals surface area (Å²) in [6.07, 6.45) is 4.05. The molecule has 0 atom stereocenters. The number of imidazole rings is 1. The number of pyridine rings is 1. The molecule has 0 aliphatic carbocycles. The molecule has 0 amide bonds. The first-order valence-corrected chi connectivity index (χ1v) is 6.53. The van der Waals surface area contributed by atoms with Crippen LogP contribution in [0.4, 0.5) is 5.69 Å². The van der Waals surface area contributed by atoms with E-state index in [0.717, 1.165) is 22.1 Å². The van der Waals surface area contributed by atoms with Gasteiger partial charge in [0.25, 0.3) is 0 Å². The van der Waals surface area contributed by atoms with Crippen molar-refractivity contribution in [2.75, 3.05) is 5.32 Å². The predicted molar refractivity (Wildman–Crippen MR) is 78.7 cm³/mol. The molecule has 0 radical (unpaired) electrons. The molecule has 96 valence electrons. The molecule has 2 aromatic heterocycles. The van der Waals surface area contributed by atoms with E-state index >= 15 is 0 Å². The van der Waals surface area contributed by atoms with Gasteiger partial charge in [-0.15, -0.1) is 0 Å². The van der Waals surface area contributed by atoms with Gasteiger partial charge in [0.2, 0.25) is 0 Å². The van der Waals surface area contributed by atoms with Crippen molar-refractivity contribution >= 4 is 22.9 Å². The number of rotatable bonds is 3. The van der Waals surface area contributed by atoms with Crippen molar-refractivity contribution in [3.8, 4) is 0 Å². The molecule has 19 heavy (non-hydrogen) atoms. The number of benzene rings is 1. The van der Waals surface area contributed by atoms with Gasteiger partial charge in [0, 0.05) is 23.1 Å². The smallest absolute Gasteiger partial charge is 0.140 e. The Balaban J connectivity index is 1.80. The van der Waals surface area contributed by atoms with Crippen molar-refractivity contribution in [2.24, 2.45) is 0 Å². The number of hydrogen-bond acceptors (Lipinski definition) is 2. The van der Waals surface area contributed by atoms with Crippen molar-refractivity contribution < 1.29 is 0 Å². The van der Waals surface area contributed by atoms with Gasteiger partial charge < -0.3 is 9.72 Å². The third kappa shape index (κ3) is 2.56. The Kier molecular flexibility index (Phi) is 3.13. The van der Waals surface area contributed by atoms with Gasteiger partial charge in [0.05, 0.1) is 12.2 Å². The zero-order valence-electron chi connectivity index (χ0n) is 10.6. The monoisotopic (exact) mass is 271 g/mol. The molecule has 1 aromatic carbocycles. The van der Waals surface area contributed by atoms with Gasteiger partial charge in [-0.1, -0.05) is 23.7 Å². The van der Waals surface area contributed by atoms with E-state index < -0.39 is 0 Å². The molecule has 0 fully saturated rings. The number of halogens is 1. The molecule has 1 N–H and O–H groups in total. The summed E-state index contributed by atoms with van der Waals surface area (Å²) in [6.45, 7) is 2.75. The predicted octanol–water partition coefficient (Wildman–Crippen LogP) is 3.91. The number of aromatic nitrogens is 2. The first-order chi connectivity index (χ1) is 9.22. The summed E-state index contributed by atoms with van der Waals surface area (Å²) in [5.74, 6) is 0. The summed E-state index contributed by atoms with van der Waals surface area (Å²) in [5, 5.41) is 4.05. The molecule has 0 aliphatic rings. The van der Waals surface area contributed by atoms with Gasteiger partial charge >= 0.3 is 0 Å². The quantitative estimate of drug-likeness (QED) is 0.783. The Hall–Kier alpha value is -2.00. The van der Waals surface area contributed by atoms with Crippen LogP contribution in [0.3, 0.4) is 0 Å². The second-order valence-electron chi connectivity index (χ2n) is 4.52. The van der Waals surface area contributed by atoms with Crippen LogP contribution >= 0.6 is 11.6 Å². The lowest BCUT2D eigenvalue weighted by molar-refractivity contribution is 1.08. The summed E-state index contributed by atoms with van der Waals surface area (Å²) < 4.78 is 2.05. The first kappa shape index (κ1) is 12.1. The minimum atomic E-state index is 0.682. The Morgan fingerprint density at radius 1 is 1.26 bits per heavy atom. The maximum atomic E-state index is 5.95. The standard InChI is InChI=1S/C15H14ClN3/c1-11-4-3-7-19-10-14(18-15(11)19)9-17-13-6-2-5-12(16)8-13/h2-8,10,17H,9H2,1H3. The van der Waals surface area contributed by atoms with Crippen molar-refractivity contribution in [1.82, 2.24) is 9.38 Å². The topological polar surface area (TPSA) is 29.3 Å². The van der Waals surface area contributed by atoms with Crippen LogP contribution in [0.15, 0.2) is 48.8 Å². The molecule has 4 heteroatoms. The average Bonchev–Trinajstić information content (AvgIpc) is 2.81. The van der Waals surface area contributed by atoms with E-state index in [1.54, 1.807) is 0 Å². The number of aryl methyl sites for hydroxylation is 1. The van der Waals surface area contributed by atoms with Crippen LogP contribution in [0, 0.1) is 6.92 Å². The van der Waals surface area contributed by atoms with Crippen molar-refractivity contribution in [3.05, 3.63) is 65.1 Å². The van der Waals surface area contributed by atoms with E-state index in [2.05, 4.69) is 23.3 Å². The Morgan fingerprint density at radius 3 is 2.95 bits per heavy atom. The molecule has 0 saturated heterocycles. The number of hydrogen-bond donors (Lipinski definition) is 1. The number of nitrogens with zero attached hydrogens (tertiary/aromatic N) is 2. The van der Waals surface area contributed by atoms with Gasteiger partial charge in [0.15, 0.2) is 0 Å². The maximum absolute atomic E-state index is 5.95. The van der Waals surface area contributed by atoms with Crippen molar-refractivity contribution in [1.29, 1.82) is 0 Å². The van der Waals surface area contributed by atoms with E-state index in [4.69, 9.17) is 11.6 Å². The molecule has 3 aromatic rings. The minimum Gasteiger partial charge on any atom is -0.379 e. The number of nitrogens with one attached hydrogen (secondary N) is 1. The number of anilines is 1. The third-order valence-electron chi connectivity index (χ3n) is 3.03. The van der Waals surface area contributed by atoms with Crippen LogP contribution in [0.5, 0.6) is 0 Å². The molecular formula is C15H14ClN3. The van der Waals surface area contributed by atoms with E-state index in [-0.39, 0.29) is 0 Å². The van der Waals surface area contributed by atoms with Crippen LogP contribution < -0.4 is 5.32 Å². The lowest BCUT2D eigenvalue weighted by atomic mass is 10.3. The highest BCUT2D eigenvalue weighted by Crippen LogP contribution is 2.16. The highest BCUT2D eigenvalue weighted by Gasteiger charge is 2.03. The fraction of sp³-hybridized carbons (Fsp3) is 0.133. The normalized spacial score (nSPS) is 10.8. The van der Waals surface area contributed by atoms with E-state index in [0.29, 0.717) is 6.54 Å². The molecule has 2 heterocycles. The van der Waals surface area contributed by atoms with Gasteiger partial charge in [-0.3, -0.25) is 0 Å². The second kappa shape index (κ2) is 4.94. The van der Waals surface area contributed by atoms with Crippen molar-refractivity contribution in [2.45, 2.75) is 13.5 Å². The lowest BCUT2D eigenvalue weighted by Crippen LogP contribution is -1.99. The SMILES string of the molecule is Cc1cccn2cc(CNc3cccc(Cl)c3)nc12. The van der Waals surface area contributed by atoms with E-state index in [1.165, 1.54) is 5.56 Å². The molecule has 0 saturated carbocycles. The van der Waals surface area contributed by atoms with Gasteiger partial charge in [-0.2, -0.15) is 0 Å². The summed E-state index contributed by atoms with van der Waals surface area (Å²) >= 11 is 5.95. The fourth-order valence-electron chi connectivity index (χ4n) is 2.08. The summed E-state index contributed by atoms with van der Waals surface area (Å²) in [6, 6.07) is 11.8. The van der Waals surface area contributed by atoms with Crippen LogP contribution in [0.2, 0.25) is 5.02 Å². The lowest BCUT2D eigenvalue weighted by Gasteiger charge is -2.03. The van der Waals surface area contributed by atoms with Gasteiger partial charge in [0.1, 0.15) is 5.65 Å². The molecule has 3 rings (SSSR count). The van der Waals surface area contributed by atoms with Crippen molar-refractivity contribution in [3.63, 3.8) is 0 Å². The van der Waals surface area contributed by atoms with Crippen LogP contribution in [-0.4, -0.2) is 9.38 Å². The summed E-state index contributed by atoms with van der Waals surface area (Å²) in [5.41, 5.74) is 4.19. The zero-order valence-corrected chi connectivity index (χ0v) is 11.4.